The van der Waals surface area contributed by atoms with Crippen LogP contribution >= 0.6 is 23.8 Å². The second-order valence-electron chi connectivity index (χ2n) is 8.61. The normalized spacial score (nSPS) is 15.3. The third kappa shape index (κ3) is 3.29. The van der Waals surface area contributed by atoms with Crippen LogP contribution in [0.4, 0.5) is 11.8 Å². The first-order chi connectivity index (χ1) is 18.5. The maximum absolute atomic E-state index is 13.8. The molecule has 5 aromatic heterocycles. The maximum atomic E-state index is 13.8. The molecule has 0 bridgehead atoms. The minimum Gasteiger partial charge on any atom is -0.368 e. The lowest BCUT2D eigenvalue weighted by Gasteiger charge is -2.42. The van der Waals surface area contributed by atoms with Crippen LogP contribution in [-0.4, -0.2) is 55.7 Å². The topological polar surface area (TPSA) is 149 Å². The van der Waals surface area contributed by atoms with Crippen molar-refractivity contribution in [2.24, 2.45) is 0 Å². The van der Waals surface area contributed by atoms with Gasteiger partial charge in [0.15, 0.2) is 11.5 Å². The molecular weight excluding hydrogens is 526 g/mol. The van der Waals surface area contributed by atoms with Crippen molar-refractivity contribution in [1.29, 1.82) is 0 Å². The maximum Gasteiger partial charge on any atom is 0.284 e. The smallest absolute Gasteiger partial charge is 0.284 e. The number of thiocarbonyl (C=S) groups is 1. The number of aromatic nitrogens is 9. The molecule has 1 aromatic carbocycles. The second-order valence-corrected chi connectivity index (χ2v) is 9.54. The van der Waals surface area contributed by atoms with Crippen LogP contribution in [0.3, 0.4) is 0 Å². The van der Waals surface area contributed by atoms with Gasteiger partial charge in [0.2, 0.25) is 5.95 Å². The monoisotopic (exact) mass is 541 g/mol. The minimum absolute atomic E-state index is 0.160. The molecule has 38 heavy (non-hydrogen) atoms. The molecule has 7 rings (SSSR count). The van der Waals surface area contributed by atoms with Gasteiger partial charge in [0.25, 0.3) is 5.56 Å². The highest BCUT2D eigenvalue weighted by molar-refractivity contribution is 7.80. The second kappa shape index (κ2) is 8.39. The van der Waals surface area contributed by atoms with Gasteiger partial charge in [-0.05, 0) is 18.2 Å². The number of nitrogens with two attached hydrogens (primary N) is 1. The molecule has 6 aromatic rings. The van der Waals surface area contributed by atoms with Crippen LogP contribution in [0.2, 0.25) is 5.02 Å². The first-order valence-electron chi connectivity index (χ1n) is 11.4. The highest BCUT2D eigenvalue weighted by Gasteiger charge is 2.41. The quantitative estimate of drug-likeness (QED) is 0.319. The van der Waals surface area contributed by atoms with Gasteiger partial charge in [0.05, 0.1) is 28.3 Å². The summed E-state index contributed by atoms with van der Waals surface area (Å²) in [5, 5.41) is 13.1. The molecule has 1 atom stereocenters. The highest BCUT2D eigenvalue weighted by Crippen LogP contribution is 2.40. The van der Waals surface area contributed by atoms with Gasteiger partial charge >= 0.3 is 0 Å². The van der Waals surface area contributed by atoms with Crippen LogP contribution in [0, 0.1) is 0 Å². The number of benzene rings is 1. The molecule has 0 radical (unpaired) electrons. The number of anilines is 2. The van der Waals surface area contributed by atoms with Gasteiger partial charge in [-0.1, -0.05) is 42.0 Å². The van der Waals surface area contributed by atoms with Crippen molar-refractivity contribution in [2.75, 3.05) is 17.2 Å². The largest absolute Gasteiger partial charge is 0.368 e. The lowest BCUT2D eigenvalue weighted by atomic mass is 10.00. The predicted molar refractivity (Wildman–Crippen MR) is 146 cm³/mol. The van der Waals surface area contributed by atoms with Crippen molar-refractivity contribution in [2.45, 2.75) is 6.04 Å². The number of H-pyrrole nitrogens is 1. The molecule has 1 aliphatic heterocycles. The number of aromatic amines is 1. The Balaban J connectivity index is 1.44. The number of halogens is 1. The number of nitrogens with zero attached hydrogens (tertiary/aromatic N) is 9. The SMILES string of the molecule is Nc1ncc(-c2[nH]nc3ncnc(N4CC(=S)[C@H]4c4nn5ccc(Cl)c5c(=O)n4-c4ccccc4)c23)cn1. The third-order valence-corrected chi connectivity index (χ3v) is 7.08. The van der Waals surface area contributed by atoms with Gasteiger partial charge in [-0.25, -0.2) is 24.5 Å². The van der Waals surface area contributed by atoms with Crippen molar-refractivity contribution >= 4 is 57.0 Å². The molecule has 186 valence electrons. The molecule has 1 aliphatic rings. The van der Waals surface area contributed by atoms with Gasteiger partial charge in [0, 0.05) is 29.0 Å². The van der Waals surface area contributed by atoms with E-state index in [0.29, 0.717) is 56.1 Å². The average molecular weight is 542 g/mol. The highest BCUT2D eigenvalue weighted by atomic mass is 35.5. The molecule has 1 saturated heterocycles. The predicted octanol–water partition coefficient (Wildman–Crippen LogP) is 2.78. The summed E-state index contributed by atoms with van der Waals surface area (Å²) in [5.74, 6) is 1.17. The van der Waals surface area contributed by atoms with Crippen LogP contribution < -0.4 is 16.2 Å². The van der Waals surface area contributed by atoms with Gasteiger partial charge in [-0.15, -0.1) is 0 Å². The fourth-order valence-electron chi connectivity index (χ4n) is 4.67. The van der Waals surface area contributed by atoms with Crippen LogP contribution in [0.1, 0.15) is 11.9 Å². The van der Waals surface area contributed by atoms with E-state index in [9.17, 15) is 4.79 Å². The van der Waals surface area contributed by atoms with Crippen LogP contribution in [0.15, 0.2) is 66.1 Å². The van der Waals surface area contributed by atoms with E-state index in [2.05, 4.69) is 30.1 Å². The zero-order valence-electron chi connectivity index (χ0n) is 19.4. The summed E-state index contributed by atoms with van der Waals surface area (Å²) in [7, 11) is 0. The molecule has 0 amide bonds. The summed E-state index contributed by atoms with van der Waals surface area (Å²) >= 11 is 12.1. The third-order valence-electron chi connectivity index (χ3n) is 6.43. The Bertz CT molecular complexity index is 1930. The minimum atomic E-state index is -0.535. The number of nitrogens with one attached hydrogen (secondary N) is 1. The Morgan fingerprint density at radius 1 is 1.08 bits per heavy atom. The van der Waals surface area contributed by atoms with E-state index in [-0.39, 0.29) is 17.0 Å². The average Bonchev–Trinajstić information content (AvgIpc) is 3.52. The van der Waals surface area contributed by atoms with Gasteiger partial charge in [-0.3, -0.25) is 14.5 Å². The van der Waals surface area contributed by atoms with Crippen molar-refractivity contribution in [3.63, 3.8) is 0 Å². The van der Waals surface area contributed by atoms with E-state index < -0.39 is 6.04 Å². The number of nitrogen functional groups attached to an aromatic ring is 1. The standard InChI is InChI=1S/C24H16ClN11OS/c25-14-6-7-35-18(14)23(37)36(13-4-2-1-3-5-13)22(33-35)19-15(38)10-34(19)21-16-17(12-8-27-24(26)28-9-12)31-32-20(16)29-11-30-21/h1-9,11,19H,10H2,(H2,26,27,28)(H,29,30,31,32)/t19-/m0/s1. The summed E-state index contributed by atoms with van der Waals surface area (Å²) in [6.07, 6.45) is 6.29. The number of rotatable bonds is 4. The Morgan fingerprint density at radius 3 is 2.63 bits per heavy atom. The summed E-state index contributed by atoms with van der Waals surface area (Å²) in [6.45, 7) is 0.421. The van der Waals surface area contributed by atoms with Gasteiger partial charge in [-0.2, -0.15) is 10.2 Å². The van der Waals surface area contributed by atoms with Crippen molar-refractivity contribution in [3.05, 3.63) is 82.5 Å². The van der Waals surface area contributed by atoms with E-state index in [1.165, 1.54) is 10.8 Å². The first kappa shape index (κ1) is 22.4. The Labute approximate surface area is 223 Å². The fraction of sp³-hybridized carbons (Fsp3) is 0.0833. The number of hydrogen-bond donors (Lipinski definition) is 2. The Hall–Kier alpha value is -4.75. The molecule has 0 unspecified atom stereocenters. The summed E-state index contributed by atoms with van der Waals surface area (Å²) in [5.41, 5.74) is 8.05. The first-order valence-corrected chi connectivity index (χ1v) is 12.2. The van der Waals surface area contributed by atoms with Crippen LogP contribution in [0.25, 0.3) is 33.5 Å². The molecule has 6 heterocycles. The summed E-state index contributed by atoms with van der Waals surface area (Å²) in [6, 6.07) is 10.4. The van der Waals surface area contributed by atoms with E-state index in [0.717, 1.165) is 0 Å². The zero-order chi connectivity index (χ0) is 26.0. The lowest BCUT2D eigenvalue weighted by Crippen LogP contribution is -2.52. The summed E-state index contributed by atoms with van der Waals surface area (Å²) in [4.78, 5) is 33.5. The lowest BCUT2D eigenvalue weighted by molar-refractivity contribution is 0.625. The number of fused-ring (bicyclic) bond motifs is 2. The van der Waals surface area contributed by atoms with Crippen LogP contribution in [-0.2, 0) is 0 Å². The molecule has 12 nitrogen and oxygen atoms in total. The Kier molecular flexibility index (Phi) is 4.96. The zero-order valence-corrected chi connectivity index (χ0v) is 20.9. The van der Waals surface area contributed by atoms with Gasteiger partial charge in [0.1, 0.15) is 23.7 Å². The Morgan fingerprint density at radius 2 is 1.87 bits per heavy atom. The molecular formula is C24H16ClN11OS. The fourth-order valence-corrected chi connectivity index (χ4v) is 5.27. The molecule has 14 heteroatoms. The molecule has 1 fully saturated rings. The van der Waals surface area contributed by atoms with E-state index >= 15 is 0 Å². The summed E-state index contributed by atoms with van der Waals surface area (Å²) < 4.78 is 3.04. The van der Waals surface area contributed by atoms with Crippen molar-refractivity contribution < 1.29 is 0 Å². The molecule has 0 aliphatic carbocycles. The van der Waals surface area contributed by atoms with Crippen molar-refractivity contribution in [3.8, 4) is 16.9 Å². The number of hydrogen-bond acceptors (Lipinski definition) is 10. The molecule has 0 saturated carbocycles. The van der Waals surface area contributed by atoms with E-state index in [4.69, 9.17) is 34.7 Å². The molecule has 3 N–H and O–H groups in total. The van der Waals surface area contributed by atoms with E-state index in [1.807, 2.05) is 35.2 Å². The van der Waals surface area contributed by atoms with Crippen LogP contribution in [0.5, 0.6) is 0 Å². The van der Waals surface area contributed by atoms with Crippen molar-refractivity contribution in [1.82, 2.24) is 44.3 Å². The van der Waals surface area contributed by atoms with Gasteiger partial charge < -0.3 is 10.6 Å². The van der Waals surface area contributed by atoms with E-state index in [1.54, 1.807) is 29.2 Å². The molecule has 0 spiro atoms. The number of para-hydroxylation sites is 1.